The Balaban J connectivity index is 1.76. The first-order chi connectivity index (χ1) is 14.4. The molecule has 0 saturated carbocycles. The Bertz CT molecular complexity index is 1660. The van der Waals surface area contributed by atoms with Crippen LogP contribution < -0.4 is 0 Å². The van der Waals surface area contributed by atoms with Crippen LogP contribution in [0.3, 0.4) is 0 Å². The lowest BCUT2D eigenvalue weighted by Gasteiger charge is -2.11. The van der Waals surface area contributed by atoms with E-state index in [4.69, 9.17) is 4.98 Å². The van der Waals surface area contributed by atoms with Crippen molar-refractivity contribution in [1.82, 2.24) is 14.0 Å². The SMILES string of the molecule is c1ccc2c(c1)c1ccccc1n2-c1cnc2c3ccsc3c3ccccc3n12. The zero-order valence-electron chi connectivity index (χ0n) is 15.4. The number of benzene rings is 3. The van der Waals surface area contributed by atoms with E-state index in [1.807, 2.05) is 6.20 Å². The first-order valence-corrected chi connectivity index (χ1v) is 10.5. The minimum Gasteiger partial charge on any atom is -0.294 e. The van der Waals surface area contributed by atoms with Crippen molar-refractivity contribution in [1.29, 1.82) is 0 Å². The Morgan fingerprint density at radius 1 is 0.621 bits per heavy atom. The summed E-state index contributed by atoms with van der Waals surface area (Å²) in [5, 5.41) is 7.16. The van der Waals surface area contributed by atoms with Crippen molar-refractivity contribution in [3.05, 3.63) is 90.4 Å². The van der Waals surface area contributed by atoms with Crippen molar-refractivity contribution in [3.63, 3.8) is 0 Å². The van der Waals surface area contributed by atoms with Crippen molar-refractivity contribution < 1.29 is 0 Å². The molecule has 0 spiro atoms. The second-order valence-electron chi connectivity index (χ2n) is 7.33. The number of fused-ring (bicyclic) bond motifs is 9. The molecular weight excluding hydrogens is 374 g/mol. The summed E-state index contributed by atoms with van der Waals surface area (Å²) in [6, 6.07) is 28.0. The van der Waals surface area contributed by atoms with Gasteiger partial charge in [-0.1, -0.05) is 54.6 Å². The second-order valence-corrected chi connectivity index (χ2v) is 8.24. The van der Waals surface area contributed by atoms with Gasteiger partial charge in [-0.3, -0.25) is 8.97 Å². The summed E-state index contributed by atoms with van der Waals surface area (Å²) in [4.78, 5) is 4.89. The van der Waals surface area contributed by atoms with Gasteiger partial charge in [0.25, 0.3) is 0 Å². The highest BCUT2D eigenvalue weighted by Gasteiger charge is 2.18. The molecule has 0 aliphatic carbocycles. The van der Waals surface area contributed by atoms with Crippen LogP contribution >= 0.6 is 11.3 Å². The van der Waals surface area contributed by atoms with E-state index < -0.39 is 0 Å². The first-order valence-electron chi connectivity index (χ1n) is 9.66. The maximum absolute atomic E-state index is 4.89. The van der Waals surface area contributed by atoms with E-state index in [0.717, 1.165) is 11.5 Å². The number of rotatable bonds is 1. The molecule has 4 heterocycles. The number of aromatic nitrogens is 3. The van der Waals surface area contributed by atoms with Crippen molar-refractivity contribution in [2.24, 2.45) is 0 Å². The maximum atomic E-state index is 4.89. The molecule has 29 heavy (non-hydrogen) atoms. The van der Waals surface area contributed by atoms with E-state index in [1.54, 1.807) is 11.3 Å². The van der Waals surface area contributed by atoms with E-state index in [-0.39, 0.29) is 0 Å². The molecule has 0 radical (unpaired) electrons. The average molecular weight is 389 g/mol. The second kappa shape index (κ2) is 5.46. The van der Waals surface area contributed by atoms with E-state index in [0.29, 0.717) is 0 Å². The third-order valence-corrected chi connectivity index (χ3v) is 6.80. The summed E-state index contributed by atoms with van der Waals surface area (Å²) in [6.45, 7) is 0. The van der Waals surface area contributed by atoms with Crippen molar-refractivity contribution >= 4 is 59.8 Å². The Kier molecular flexibility index (Phi) is 2.88. The Morgan fingerprint density at radius 2 is 1.24 bits per heavy atom. The zero-order chi connectivity index (χ0) is 18.9. The van der Waals surface area contributed by atoms with Crippen LogP contribution in [-0.4, -0.2) is 14.0 Å². The maximum Gasteiger partial charge on any atom is 0.147 e. The molecule has 0 aliphatic heterocycles. The van der Waals surface area contributed by atoms with Gasteiger partial charge in [-0.25, -0.2) is 4.98 Å². The zero-order valence-corrected chi connectivity index (χ0v) is 16.2. The molecule has 3 aromatic carbocycles. The molecule has 4 heteroatoms. The summed E-state index contributed by atoms with van der Waals surface area (Å²) in [5.41, 5.74) is 4.60. The van der Waals surface area contributed by atoms with Crippen LogP contribution in [0, 0.1) is 0 Å². The van der Waals surface area contributed by atoms with E-state index in [2.05, 4.69) is 93.2 Å². The Labute approximate surface area is 170 Å². The van der Waals surface area contributed by atoms with E-state index in [1.165, 1.54) is 42.8 Å². The number of hydrogen-bond acceptors (Lipinski definition) is 2. The molecule has 7 aromatic rings. The van der Waals surface area contributed by atoms with Gasteiger partial charge in [-0.05, 0) is 29.6 Å². The molecule has 0 bridgehead atoms. The van der Waals surface area contributed by atoms with Gasteiger partial charge >= 0.3 is 0 Å². The number of imidazole rings is 1. The van der Waals surface area contributed by atoms with Crippen LogP contribution in [0.2, 0.25) is 0 Å². The first kappa shape index (κ1) is 15.3. The minimum absolute atomic E-state index is 1.01. The molecule has 0 unspecified atom stereocenters. The number of thiophene rings is 1. The Morgan fingerprint density at radius 3 is 1.97 bits per heavy atom. The van der Waals surface area contributed by atoms with Gasteiger partial charge in [-0.2, -0.15) is 0 Å². The lowest BCUT2D eigenvalue weighted by atomic mass is 10.2. The van der Waals surface area contributed by atoms with Gasteiger partial charge in [0, 0.05) is 26.2 Å². The predicted octanol–water partition coefficient (Wildman–Crippen LogP) is 6.80. The Hall–Kier alpha value is -3.63. The molecule has 3 nitrogen and oxygen atoms in total. The van der Waals surface area contributed by atoms with E-state index >= 15 is 0 Å². The topological polar surface area (TPSA) is 22.2 Å². The van der Waals surface area contributed by atoms with E-state index in [9.17, 15) is 0 Å². The molecular formula is C25H15N3S. The molecule has 0 aliphatic rings. The number of hydrogen-bond donors (Lipinski definition) is 0. The molecule has 0 fully saturated rings. The summed E-state index contributed by atoms with van der Waals surface area (Å²) >= 11 is 1.78. The fourth-order valence-electron chi connectivity index (χ4n) is 4.65. The standard InChI is InChI=1S/C25H15N3S/c1-4-10-20-16(7-1)17-8-2-5-11-21(17)27(20)23-15-26-25-19-13-14-29-24(19)18-9-3-6-12-22(18)28(23)25/h1-15H. The van der Waals surface area contributed by atoms with Crippen molar-refractivity contribution in [3.8, 4) is 5.82 Å². The van der Waals surface area contributed by atoms with Gasteiger partial charge in [0.15, 0.2) is 0 Å². The van der Waals surface area contributed by atoms with Crippen LogP contribution in [0.1, 0.15) is 0 Å². The smallest absolute Gasteiger partial charge is 0.147 e. The average Bonchev–Trinajstić information content (AvgIpc) is 3.49. The van der Waals surface area contributed by atoms with Gasteiger partial charge in [-0.15, -0.1) is 11.3 Å². The summed E-state index contributed by atoms with van der Waals surface area (Å²) in [6.07, 6.45) is 2.01. The van der Waals surface area contributed by atoms with Gasteiger partial charge in [0.05, 0.1) is 22.7 Å². The summed E-state index contributed by atoms with van der Waals surface area (Å²) in [7, 11) is 0. The predicted molar refractivity (Wildman–Crippen MR) is 122 cm³/mol. The molecule has 136 valence electrons. The van der Waals surface area contributed by atoms with Crippen LogP contribution in [-0.2, 0) is 0 Å². The van der Waals surface area contributed by atoms with Crippen LogP contribution in [0.5, 0.6) is 0 Å². The third-order valence-electron chi connectivity index (χ3n) is 5.85. The lowest BCUT2D eigenvalue weighted by Crippen LogP contribution is -2.00. The molecule has 0 amide bonds. The summed E-state index contributed by atoms with van der Waals surface area (Å²) < 4.78 is 5.95. The molecule has 0 saturated heterocycles. The van der Waals surface area contributed by atoms with Crippen molar-refractivity contribution in [2.45, 2.75) is 0 Å². The fourth-order valence-corrected chi connectivity index (χ4v) is 5.58. The number of pyridine rings is 1. The molecule has 4 aromatic heterocycles. The van der Waals surface area contributed by atoms with Gasteiger partial charge in [0.1, 0.15) is 11.5 Å². The highest BCUT2D eigenvalue weighted by Crippen LogP contribution is 2.37. The lowest BCUT2D eigenvalue weighted by molar-refractivity contribution is 1.07. The molecule has 7 rings (SSSR count). The largest absolute Gasteiger partial charge is 0.294 e. The monoisotopic (exact) mass is 389 g/mol. The quantitative estimate of drug-likeness (QED) is 0.303. The van der Waals surface area contributed by atoms with Crippen molar-refractivity contribution in [2.75, 3.05) is 0 Å². The molecule has 0 atom stereocenters. The normalized spacial score (nSPS) is 12.1. The third kappa shape index (κ3) is 1.89. The van der Waals surface area contributed by atoms with Crippen LogP contribution in [0.15, 0.2) is 90.4 Å². The molecule has 0 N–H and O–H groups in total. The summed E-state index contributed by atoms with van der Waals surface area (Å²) in [5.74, 6) is 1.07. The highest BCUT2D eigenvalue weighted by atomic mass is 32.1. The van der Waals surface area contributed by atoms with Crippen LogP contribution in [0.4, 0.5) is 0 Å². The number of para-hydroxylation sites is 3. The highest BCUT2D eigenvalue weighted by molar-refractivity contribution is 7.18. The van der Waals surface area contributed by atoms with Gasteiger partial charge < -0.3 is 0 Å². The number of nitrogens with zero attached hydrogens (tertiary/aromatic N) is 3. The van der Waals surface area contributed by atoms with Crippen LogP contribution in [0.25, 0.3) is 54.3 Å². The van der Waals surface area contributed by atoms with Gasteiger partial charge in [0.2, 0.25) is 0 Å². The fraction of sp³-hybridized carbons (Fsp3) is 0. The minimum atomic E-state index is 1.01.